The van der Waals surface area contributed by atoms with E-state index in [-0.39, 0.29) is 12.0 Å². The highest BCUT2D eigenvalue weighted by atomic mass is 16.3. The third kappa shape index (κ3) is 2.56. The van der Waals surface area contributed by atoms with E-state index in [0.717, 1.165) is 5.56 Å². The van der Waals surface area contributed by atoms with Crippen LogP contribution < -0.4 is 0 Å². The number of nitrogens with zero attached hydrogens (tertiary/aromatic N) is 4. The van der Waals surface area contributed by atoms with E-state index in [1.165, 1.54) is 5.56 Å². The predicted octanol–water partition coefficient (Wildman–Crippen LogP) is 1.63. The summed E-state index contributed by atoms with van der Waals surface area (Å²) in [5.41, 5.74) is 2.36. The first kappa shape index (κ1) is 12.7. The quantitative estimate of drug-likeness (QED) is 0.894. The van der Waals surface area contributed by atoms with Crippen molar-refractivity contribution >= 4 is 0 Å². The average molecular weight is 246 g/mol. The van der Waals surface area contributed by atoms with E-state index in [4.69, 9.17) is 5.11 Å². The molecule has 0 saturated heterocycles. The highest BCUT2D eigenvalue weighted by Crippen LogP contribution is 2.24. The second-order valence-corrected chi connectivity index (χ2v) is 5.28. The van der Waals surface area contributed by atoms with Crippen LogP contribution in [0.5, 0.6) is 0 Å². The SMILES string of the molecule is CC(C)(C)c1ccc(-c2nnnn2CCO)cc1. The summed E-state index contributed by atoms with van der Waals surface area (Å²) in [4.78, 5) is 0. The van der Waals surface area contributed by atoms with Crippen molar-refractivity contribution in [1.82, 2.24) is 20.2 Å². The molecule has 0 aliphatic rings. The first-order chi connectivity index (χ1) is 8.52. The standard InChI is InChI=1S/C13H18N4O/c1-13(2,3)11-6-4-10(5-7-11)12-14-15-16-17(12)8-9-18/h4-7,18H,8-9H2,1-3H3. The van der Waals surface area contributed by atoms with Crippen molar-refractivity contribution < 1.29 is 5.11 Å². The summed E-state index contributed by atoms with van der Waals surface area (Å²) in [6.07, 6.45) is 0. The summed E-state index contributed by atoms with van der Waals surface area (Å²) >= 11 is 0. The molecular formula is C13H18N4O. The Kier molecular flexibility index (Phi) is 3.43. The van der Waals surface area contributed by atoms with E-state index in [9.17, 15) is 0 Å². The molecule has 1 aromatic carbocycles. The van der Waals surface area contributed by atoms with Crippen molar-refractivity contribution in [2.45, 2.75) is 32.7 Å². The first-order valence-corrected chi connectivity index (χ1v) is 6.00. The van der Waals surface area contributed by atoms with Crippen LogP contribution in [0.1, 0.15) is 26.3 Å². The molecular weight excluding hydrogens is 228 g/mol. The maximum atomic E-state index is 8.94. The lowest BCUT2D eigenvalue weighted by molar-refractivity contribution is 0.269. The number of benzene rings is 1. The number of aliphatic hydroxyl groups excluding tert-OH is 1. The zero-order valence-electron chi connectivity index (χ0n) is 11.0. The number of hydrogen-bond acceptors (Lipinski definition) is 4. The summed E-state index contributed by atoms with van der Waals surface area (Å²) in [7, 11) is 0. The summed E-state index contributed by atoms with van der Waals surface area (Å²) < 4.78 is 1.60. The molecule has 0 aliphatic carbocycles. The molecule has 0 fully saturated rings. The van der Waals surface area contributed by atoms with Crippen LogP contribution in [0.2, 0.25) is 0 Å². The second kappa shape index (κ2) is 4.86. The molecule has 5 heteroatoms. The first-order valence-electron chi connectivity index (χ1n) is 6.00. The predicted molar refractivity (Wildman–Crippen MR) is 69.0 cm³/mol. The van der Waals surface area contributed by atoms with Gasteiger partial charge in [-0.05, 0) is 21.4 Å². The fraction of sp³-hybridized carbons (Fsp3) is 0.462. The molecule has 0 amide bonds. The van der Waals surface area contributed by atoms with Crippen molar-refractivity contribution in [3.05, 3.63) is 29.8 Å². The van der Waals surface area contributed by atoms with Gasteiger partial charge in [0.1, 0.15) is 0 Å². The van der Waals surface area contributed by atoms with Gasteiger partial charge in [0.05, 0.1) is 13.2 Å². The van der Waals surface area contributed by atoms with Crippen LogP contribution in [-0.4, -0.2) is 31.9 Å². The van der Waals surface area contributed by atoms with Crippen LogP contribution in [0.25, 0.3) is 11.4 Å². The van der Waals surface area contributed by atoms with Gasteiger partial charge >= 0.3 is 0 Å². The van der Waals surface area contributed by atoms with Crippen LogP contribution >= 0.6 is 0 Å². The molecule has 2 rings (SSSR count). The van der Waals surface area contributed by atoms with Crippen LogP contribution in [0.3, 0.4) is 0 Å². The normalized spacial score (nSPS) is 11.8. The minimum atomic E-state index is 0.0259. The average Bonchev–Trinajstić information content (AvgIpc) is 2.77. The number of hydrogen-bond donors (Lipinski definition) is 1. The molecule has 96 valence electrons. The Hall–Kier alpha value is -1.75. The third-order valence-electron chi connectivity index (χ3n) is 2.85. The number of aromatic nitrogens is 4. The van der Waals surface area contributed by atoms with Crippen LogP contribution in [0, 0.1) is 0 Å². The van der Waals surface area contributed by atoms with E-state index >= 15 is 0 Å². The summed E-state index contributed by atoms with van der Waals surface area (Å²) in [5.74, 6) is 0.685. The molecule has 2 aromatic rings. The van der Waals surface area contributed by atoms with Gasteiger partial charge in [-0.15, -0.1) is 5.10 Å². The monoisotopic (exact) mass is 246 g/mol. The maximum Gasteiger partial charge on any atom is 0.182 e. The number of rotatable bonds is 3. The van der Waals surface area contributed by atoms with Gasteiger partial charge in [-0.2, -0.15) is 0 Å². The van der Waals surface area contributed by atoms with E-state index in [2.05, 4.69) is 48.4 Å². The lowest BCUT2D eigenvalue weighted by atomic mass is 9.87. The van der Waals surface area contributed by atoms with Crippen LogP contribution in [0.4, 0.5) is 0 Å². The molecule has 1 N–H and O–H groups in total. The molecule has 0 aliphatic heterocycles. The Morgan fingerprint density at radius 1 is 1.17 bits per heavy atom. The van der Waals surface area contributed by atoms with Gasteiger partial charge in [-0.1, -0.05) is 45.0 Å². The zero-order chi connectivity index (χ0) is 13.2. The van der Waals surface area contributed by atoms with Gasteiger partial charge in [-0.3, -0.25) is 0 Å². The van der Waals surface area contributed by atoms with Crippen molar-refractivity contribution in [2.24, 2.45) is 0 Å². The fourth-order valence-electron chi connectivity index (χ4n) is 1.78. The molecule has 18 heavy (non-hydrogen) atoms. The Morgan fingerprint density at radius 2 is 1.83 bits per heavy atom. The largest absolute Gasteiger partial charge is 0.394 e. The molecule has 1 aromatic heterocycles. The lowest BCUT2D eigenvalue weighted by Gasteiger charge is -2.19. The van der Waals surface area contributed by atoms with Crippen molar-refractivity contribution in [1.29, 1.82) is 0 Å². The van der Waals surface area contributed by atoms with E-state index in [1.807, 2.05) is 12.1 Å². The molecule has 0 spiro atoms. The van der Waals surface area contributed by atoms with Gasteiger partial charge in [-0.25, -0.2) is 4.68 Å². The smallest absolute Gasteiger partial charge is 0.182 e. The Bertz CT molecular complexity index is 511. The molecule has 0 saturated carbocycles. The van der Waals surface area contributed by atoms with Crippen molar-refractivity contribution in [3.8, 4) is 11.4 Å². The summed E-state index contributed by atoms with van der Waals surface area (Å²) in [6.45, 7) is 6.97. The second-order valence-electron chi connectivity index (χ2n) is 5.28. The molecule has 0 atom stereocenters. The van der Waals surface area contributed by atoms with Crippen molar-refractivity contribution in [3.63, 3.8) is 0 Å². The number of aliphatic hydroxyl groups is 1. The minimum absolute atomic E-state index is 0.0259. The van der Waals surface area contributed by atoms with Gasteiger partial charge in [0.25, 0.3) is 0 Å². The van der Waals surface area contributed by atoms with E-state index in [1.54, 1.807) is 4.68 Å². The van der Waals surface area contributed by atoms with E-state index < -0.39 is 0 Å². The third-order valence-corrected chi connectivity index (χ3v) is 2.85. The molecule has 5 nitrogen and oxygen atoms in total. The summed E-state index contributed by atoms with van der Waals surface area (Å²) in [6, 6.07) is 8.21. The zero-order valence-corrected chi connectivity index (χ0v) is 11.0. The van der Waals surface area contributed by atoms with Crippen LogP contribution in [0.15, 0.2) is 24.3 Å². The van der Waals surface area contributed by atoms with Gasteiger partial charge < -0.3 is 5.11 Å². The van der Waals surface area contributed by atoms with Crippen LogP contribution in [-0.2, 0) is 12.0 Å². The Labute approximate surface area is 106 Å². The molecule has 0 radical (unpaired) electrons. The molecule has 0 bridgehead atoms. The molecule has 0 unspecified atom stereocenters. The van der Waals surface area contributed by atoms with E-state index in [0.29, 0.717) is 12.4 Å². The molecule has 1 heterocycles. The lowest BCUT2D eigenvalue weighted by Crippen LogP contribution is -2.11. The highest BCUT2D eigenvalue weighted by molar-refractivity contribution is 5.55. The number of tetrazole rings is 1. The maximum absolute atomic E-state index is 8.94. The van der Waals surface area contributed by atoms with Gasteiger partial charge in [0.15, 0.2) is 5.82 Å². The summed E-state index contributed by atoms with van der Waals surface area (Å²) in [5, 5.41) is 20.4. The topological polar surface area (TPSA) is 63.8 Å². The Balaban J connectivity index is 2.32. The van der Waals surface area contributed by atoms with Gasteiger partial charge in [0, 0.05) is 5.56 Å². The fourth-order valence-corrected chi connectivity index (χ4v) is 1.78. The van der Waals surface area contributed by atoms with Gasteiger partial charge in [0.2, 0.25) is 0 Å². The highest BCUT2D eigenvalue weighted by Gasteiger charge is 2.14. The Morgan fingerprint density at radius 3 is 2.39 bits per heavy atom. The van der Waals surface area contributed by atoms with Crippen molar-refractivity contribution in [2.75, 3.05) is 6.61 Å². The minimum Gasteiger partial charge on any atom is -0.394 e.